The number of hydrogen-bond donors (Lipinski definition) is 0. The van der Waals surface area contributed by atoms with Crippen LogP contribution in [0.4, 0.5) is 4.39 Å². The second-order valence-corrected chi connectivity index (χ2v) is 3.95. The highest BCUT2D eigenvalue weighted by Crippen LogP contribution is 2.24. The lowest BCUT2D eigenvalue weighted by atomic mass is 10.1. The van der Waals surface area contributed by atoms with Crippen molar-refractivity contribution >= 4 is 40.0 Å². The predicted molar refractivity (Wildman–Crippen MR) is 60.7 cm³/mol. The summed E-state index contributed by atoms with van der Waals surface area (Å²) < 4.78 is 18.6. The molecule has 0 spiro atoms. The zero-order chi connectivity index (χ0) is 10.7. The first-order valence-corrected chi connectivity index (χ1v) is 5.33. The number of hydrogen-bond acceptors (Lipinski definition) is 2. The molecule has 0 saturated carbocycles. The lowest BCUT2D eigenvalue weighted by molar-refractivity contribution is 0.101. The summed E-state index contributed by atoms with van der Waals surface area (Å²) in [6, 6.07) is 2.61. The Morgan fingerprint density at radius 3 is 2.79 bits per heavy atom. The van der Waals surface area contributed by atoms with Gasteiger partial charge in [0.25, 0.3) is 0 Å². The summed E-state index contributed by atoms with van der Waals surface area (Å²) in [5.41, 5.74) is 0.291. The van der Waals surface area contributed by atoms with Crippen LogP contribution in [0.25, 0.3) is 0 Å². The van der Waals surface area contributed by atoms with Gasteiger partial charge < -0.3 is 4.74 Å². The molecule has 0 amide bonds. The first-order chi connectivity index (χ1) is 6.60. The number of ether oxygens (including phenoxy) is 1. The number of Topliss-reactive ketones (excluding diaryl/α,β-unsaturated/α-hetero) is 1. The molecule has 1 rings (SSSR count). The summed E-state index contributed by atoms with van der Waals surface area (Å²) in [7, 11) is 1.37. The van der Waals surface area contributed by atoms with E-state index in [-0.39, 0.29) is 17.4 Å². The van der Waals surface area contributed by atoms with E-state index in [2.05, 4.69) is 0 Å². The quantitative estimate of drug-likeness (QED) is 0.484. The lowest BCUT2D eigenvalue weighted by Gasteiger charge is -2.06. The van der Waals surface area contributed by atoms with Crippen LogP contribution in [0.15, 0.2) is 12.1 Å². The van der Waals surface area contributed by atoms with Crippen molar-refractivity contribution in [1.29, 1.82) is 0 Å². The van der Waals surface area contributed by atoms with Crippen LogP contribution in [-0.2, 0) is 0 Å². The van der Waals surface area contributed by atoms with Crippen molar-refractivity contribution in [3.05, 3.63) is 27.1 Å². The van der Waals surface area contributed by atoms with Crippen LogP contribution in [0, 0.1) is 9.39 Å². The number of methoxy groups -OCH3 is 1. The molecule has 0 aromatic heterocycles. The highest BCUT2D eigenvalue weighted by Gasteiger charge is 2.13. The Hall–Kier alpha value is -0.360. The minimum Gasteiger partial charge on any atom is -0.494 e. The summed E-state index contributed by atoms with van der Waals surface area (Å²) in [5, 5.41) is 0. The summed E-state index contributed by atoms with van der Waals surface area (Å²) in [4.78, 5) is 11.2. The Morgan fingerprint density at radius 2 is 2.29 bits per heavy atom. The van der Waals surface area contributed by atoms with Crippen LogP contribution in [0.5, 0.6) is 5.75 Å². The van der Waals surface area contributed by atoms with Crippen molar-refractivity contribution in [2.45, 2.75) is 0 Å². The van der Waals surface area contributed by atoms with Crippen molar-refractivity contribution in [3.8, 4) is 5.75 Å². The highest BCUT2D eigenvalue weighted by atomic mass is 127. The Labute approximate surface area is 99.5 Å². The molecule has 0 radical (unpaired) electrons. The van der Waals surface area contributed by atoms with Crippen molar-refractivity contribution < 1.29 is 13.9 Å². The number of alkyl halides is 1. The molecular formula is C9H7ClFIO2. The molecule has 0 unspecified atom stereocenters. The van der Waals surface area contributed by atoms with E-state index < -0.39 is 5.82 Å². The first-order valence-electron chi connectivity index (χ1n) is 3.72. The van der Waals surface area contributed by atoms with Crippen molar-refractivity contribution in [3.63, 3.8) is 0 Å². The minimum atomic E-state index is -0.554. The third-order valence-corrected chi connectivity index (χ3v) is 2.80. The number of benzene rings is 1. The smallest absolute Gasteiger partial charge is 0.178 e. The van der Waals surface area contributed by atoms with Crippen LogP contribution in [0.2, 0.25) is 0 Å². The van der Waals surface area contributed by atoms with E-state index in [9.17, 15) is 9.18 Å². The van der Waals surface area contributed by atoms with Gasteiger partial charge in [0.2, 0.25) is 0 Å². The van der Waals surface area contributed by atoms with E-state index >= 15 is 0 Å². The van der Waals surface area contributed by atoms with Crippen LogP contribution < -0.4 is 4.74 Å². The third kappa shape index (κ3) is 2.36. The second kappa shape index (κ2) is 4.93. The highest BCUT2D eigenvalue weighted by molar-refractivity contribution is 14.1. The SMILES string of the molecule is COc1cc(I)c(C(=O)CCl)cc1F. The van der Waals surface area contributed by atoms with Gasteiger partial charge in [0, 0.05) is 9.13 Å². The molecule has 0 aliphatic carbocycles. The molecule has 0 heterocycles. The van der Waals surface area contributed by atoms with Gasteiger partial charge in [-0.15, -0.1) is 11.6 Å². The zero-order valence-electron chi connectivity index (χ0n) is 7.31. The monoisotopic (exact) mass is 328 g/mol. The lowest BCUT2D eigenvalue weighted by Crippen LogP contribution is -2.04. The van der Waals surface area contributed by atoms with Gasteiger partial charge in [-0.2, -0.15) is 0 Å². The number of carbonyl (C=O) groups is 1. The maximum Gasteiger partial charge on any atom is 0.178 e. The van der Waals surface area contributed by atoms with Gasteiger partial charge in [-0.3, -0.25) is 4.79 Å². The number of rotatable bonds is 3. The first kappa shape index (κ1) is 11.7. The van der Waals surface area contributed by atoms with E-state index in [1.165, 1.54) is 13.2 Å². The third-order valence-electron chi connectivity index (χ3n) is 1.66. The van der Waals surface area contributed by atoms with Crippen LogP contribution >= 0.6 is 34.2 Å². The van der Waals surface area contributed by atoms with Crippen molar-refractivity contribution in [2.75, 3.05) is 13.0 Å². The Bertz CT molecular complexity index is 368. The van der Waals surface area contributed by atoms with Crippen LogP contribution in [-0.4, -0.2) is 18.8 Å². The Balaban J connectivity index is 3.21. The topological polar surface area (TPSA) is 26.3 Å². The summed E-state index contributed by atoms with van der Waals surface area (Å²) >= 11 is 7.32. The fourth-order valence-corrected chi connectivity index (χ4v) is 1.85. The van der Waals surface area contributed by atoms with E-state index in [0.29, 0.717) is 9.13 Å². The van der Waals surface area contributed by atoms with Gasteiger partial charge in [-0.25, -0.2) is 4.39 Å². The van der Waals surface area contributed by atoms with Gasteiger partial charge in [-0.1, -0.05) is 0 Å². The molecule has 0 aliphatic rings. The van der Waals surface area contributed by atoms with Crippen LogP contribution in [0.3, 0.4) is 0 Å². The maximum absolute atomic E-state index is 13.2. The number of halogens is 3. The van der Waals surface area contributed by atoms with Gasteiger partial charge >= 0.3 is 0 Å². The number of ketones is 1. The average Bonchev–Trinajstić information content (AvgIpc) is 2.19. The molecule has 0 atom stereocenters. The largest absolute Gasteiger partial charge is 0.494 e. The van der Waals surface area contributed by atoms with E-state index in [1.54, 1.807) is 0 Å². The molecule has 0 bridgehead atoms. The van der Waals surface area contributed by atoms with E-state index in [4.69, 9.17) is 16.3 Å². The Morgan fingerprint density at radius 1 is 1.64 bits per heavy atom. The van der Waals surface area contributed by atoms with Gasteiger partial charge in [-0.05, 0) is 34.7 Å². The molecule has 2 nitrogen and oxygen atoms in total. The molecule has 1 aromatic rings. The van der Waals surface area contributed by atoms with E-state index in [0.717, 1.165) is 6.07 Å². The zero-order valence-corrected chi connectivity index (χ0v) is 10.2. The van der Waals surface area contributed by atoms with E-state index in [1.807, 2.05) is 22.6 Å². The average molecular weight is 329 g/mol. The van der Waals surface area contributed by atoms with Crippen molar-refractivity contribution in [2.24, 2.45) is 0 Å². The molecule has 76 valence electrons. The normalized spacial score (nSPS) is 10.0. The standard InChI is InChI=1S/C9H7ClFIO2/c1-14-9-3-7(12)5(2-6(9)11)8(13)4-10/h2-3H,4H2,1H3. The fraction of sp³-hybridized carbons (Fsp3) is 0.222. The van der Waals surface area contributed by atoms with Gasteiger partial charge in [0.05, 0.1) is 13.0 Å². The summed E-state index contributed by atoms with van der Waals surface area (Å²) in [6.45, 7) is 0. The predicted octanol–water partition coefficient (Wildman–Crippen LogP) is 2.86. The minimum absolute atomic E-state index is 0.125. The number of carbonyl (C=O) groups excluding carboxylic acids is 1. The molecule has 0 fully saturated rings. The van der Waals surface area contributed by atoms with Gasteiger partial charge in [0.15, 0.2) is 17.3 Å². The molecule has 0 saturated heterocycles. The summed E-state index contributed by atoms with van der Waals surface area (Å²) in [6.07, 6.45) is 0. The molecule has 14 heavy (non-hydrogen) atoms. The van der Waals surface area contributed by atoms with Gasteiger partial charge in [0.1, 0.15) is 0 Å². The summed E-state index contributed by atoms with van der Waals surface area (Å²) in [5.74, 6) is -0.874. The van der Waals surface area contributed by atoms with Crippen molar-refractivity contribution in [1.82, 2.24) is 0 Å². The van der Waals surface area contributed by atoms with Crippen LogP contribution in [0.1, 0.15) is 10.4 Å². The molecular weight excluding hydrogens is 321 g/mol. The molecule has 1 aromatic carbocycles. The Kier molecular flexibility index (Phi) is 4.12. The molecule has 0 aliphatic heterocycles. The molecule has 5 heteroatoms. The fourth-order valence-electron chi connectivity index (χ4n) is 0.971. The second-order valence-electron chi connectivity index (χ2n) is 2.52. The maximum atomic E-state index is 13.2. The molecule has 0 N–H and O–H groups in total.